The highest BCUT2D eigenvalue weighted by Crippen LogP contribution is 2.25. The molecule has 2 aromatic heterocycles. The van der Waals surface area contributed by atoms with E-state index in [1.807, 2.05) is 6.07 Å². The summed E-state index contributed by atoms with van der Waals surface area (Å²) in [5.74, 6) is 1.00. The predicted molar refractivity (Wildman–Crippen MR) is 120 cm³/mol. The van der Waals surface area contributed by atoms with Crippen LogP contribution >= 0.6 is 23.7 Å². The van der Waals surface area contributed by atoms with Crippen LogP contribution in [0.5, 0.6) is 0 Å². The fourth-order valence-electron chi connectivity index (χ4n) is 3.74. The van der Waals surface area contributed by atoms with Crippen molar-refractivity contribution < 1.29 is 4.52 Å². The van der Waals surface area contributed by atoms with E-state index in [1.54, 1.807) is 11.3 Å². The van der Waals surface area contributed by atoms with Crippen molar-refractivity contribution in [3.8, 4) is 10.6 Å². The predicted octanol–water partition coefficient (Wildman–Crippen LogP) is 5.28. The number of benzene rings is 1. The van der Waals surface area contributed by atoms with Crippen molar-refractivity contribution in [3.63, 3.8) is 0 Å². The number of aryl methyl sites for hydroxylation is 2. The molecule has 0 spiro atoms. The minimum absolute atomic E-state index is 0. The number of aromatic nitrogens is 1. The molecular formula is C22H28ClN3OS. The molecule has 28 heavy (non-hydrogen) atoms. The van der Waals surface area contributed by atoms with Crippen LogP contribution in [-0.4, -0.2) is 42.8 Å². The van der Waals surface area contributed by atoms with Gasteiger partial charge in [-0.15, -0.1) is 23.7 Å². The van der Waals surface area contributed by atoms with Gasteiger partial charge in [-0.2, -0.15) is 0 Å². The minimum atomic E-state index is 0. The van der Waals surface area contributed by atoms with E-state index >= 15 is 0 Å². The maximum absolute atomic E-state index is 5.49. The lowest BCUT2D eigenvalue weighted by Crippen LogP contribution is -2.46. The van der Waals surface area contributed by atoms with Crippen LogP contribution in [-0.2, 0) is 6.42 Å². The summed E-state index contributed by atoms with van der Waals surface area (Å²) in [7, 11) is 0. The summed E-state index contributed by atoms with van der Waals surface area (Å²) in [4.78, 5) is 6.29. The first-order chi connectivity index (χ1) is 13.3. The Balaban J connectivity index is 0.00000225. The monoisotopic (exact) mass is 417 g/mol. The number of para-hydroxylation sites is 1. The Bertz CT molecular complexity index is 841. The average Bonchev–Trinajstić information content (AvgIpc) is 3.38. The lowest BCUT2D eigenvalue weighted by atomic mass is 10.1. The van der Waals surface area contributed by atoms with Crippen LogP contribution in [0, 0.1) is 6.92 Å². The summed E-state index contributed by atoms with van der Waals surface area (Å²) in [6.45, 7) is 7.93. The molecule has 1 fully saturated rings. The molecule has 6 heteroatoms. The topological polar surface area (TPSA) is 32.5 Å². The molecular weight excluding hydrogens is 390 g/mol. The summed E-state index contributed by atoms with van der Waals surface area (Å²) in [5, 5.41) is 6.26. The Morgan fingerprint density at radius 3 is 2.61 bits per heavy atom. The number of anilines is 1. The van der Waals surface area contributed by atoms with Crippen molar-refractivity contribution in [1.82, 2.24) is 10.1 Å². The van der Waals surface area contributed by atoms with E-state index in [2.05, 4.69) is 63.7 Å². The first kappa shape index (κ1) is 20.9. The Hall–Kier alpha value is -1.82. The van der Waals surface area contributed by atoms with Crippen molar-refractivity contribution in [3.05, 3.63) is 59.2 Å². The van der Waals surface area contributed by atoms with Gasteiger partial charge in [-0.3, -0.25) is 4.90 Å². The molecule has 4 rings (SSSR count). The smallest absolute Gasteiger partial charge is 0.137 e. The third kappa shape index (κ3) is 5.16. The number of piperazine rings is 1. The maximum Gasteiger partial charge on any atom is 0.137 e. The summed E-state index contributed by atoms with van der Waals surface area (Å²) in [6.07, 6.45) is 3.33. The summed E-state index contributed by atoms with van der Waals surface area (Å²) < 4.78 is 5.49. The normalized spacial score (nSPS) is 14.8. The van der Waals surface area contributed by atoms with Crippen molar-refractivity contribution in [2.75, 3.05) is 37.6 Å². The Labute approximate surface area is 177 Å². The van der Waals surface area contributed by atoms with Gasteiger partial charge < -0.3 is 9.42 Å². The second kappa shape index (κ2) is 10.1. The van der Waals surface area contributed by atoms with E-state index in [9.17, 15) is 0 Å². The van der Waals surface area contributed by atoms with Gasteiger partial charge in [-0.05, 0) is 49.4 Å². The van der Waals surface area contributed by atoms with Crippen LogP contribution in [0.4, 0.5) is 5.69 Å². The number of rotatable bonds is 7. The summed E-state index contributed by atoms with van der Waals surface area (Å²) in [5.41, 5.74) is 3.73. The van der Waals surface area contributed by atoms with E-state index in [-0.39, 0.29) is 12.4 Å². The van der Waals surface area contributed by atoms with E-state index in [0.29, 0.717) is 0 Å². The van der Waals surface area contributed by atoms with E-state index < -0.39 is 0 Å². The van der Waals surface area contributed by atoms with Gasteiger partial charge in [0.25, 0.3) is 0 Å². The standard InChI is InChI=1S/C22H27N3OS.ClH/c1-18-7-2-3-9-21(18)25-14-12-24(13-15-25)11-5-4-8-19-17-20(23-26-19)22-10-6-16-27-22;/h2-3,6-7,9-10,16-17H,4-5,8,11-15H2,1H3;1H. The van der Waals surface area contributed by atoms with Crippen LogP contribution in [0.3, 0.4) is 0 Å². The molecule has 0 saturated carbocycles. The van der Waals surface area contributed by atoms with E-state index in [4.69, 9.17) is 4.52 Å². The molecule has 0 amide bonds. The molecule has 1 aliphatic heterocycles. The van der Waals surface area contributed by atoms with Crippen molar-refractivity contribution in [1.29, 1.82) is 0 Å². The van der Waals surface area contributed by atoms with Gasteiger partial charge in [0.1, 0.15) is 11.5 Å². The SMILES string of the molecule is Cc1ccccc1N1CCN(CCCCc2cc(-c3cccs3)no2)CC1.Cl. The van der Waals surface area contributed by atoms with Crippen molar-refractivity contribution >= 4 is 29.4 Å². The molecule has 0 aliphatic carbocycles. The van der Waals surface area contributed by atoms with Crippen LogP contribution in [0.2, 0.25) is 0 Å². The molecule has 4 nitrogen and oxygen atoms in total. The van der Waals surface area contributed by atoms with Crippen LogP contribution in [0.15, 0.2) is 52.4 Å². The van der Waals surface area contributed by atoms with Crippen LogP contribution in [0.1, 0.15) is 24.2 Å². The number of hydrogen-bond acceptors (Lipinski definition) is 5. The zero-order chi connectivity index (χ0) is 18.5. The molecule has 3 aromatic rings. The summed E-state index contributed by atoms with van der Waals surface area (Å²) >= 11 is 1.70. The first-order valence-electron chi connectivity index (χ1n) is 9.82. The highest BCUT2D eigenvalue weighted by Gasteiger charge is 2.17. The second-order valence-electron chi connectivity index (χ2n) is 7.23. The van der Waals surface area contributed by atoms with Gasteiger partial charge in [-0.1, -0.05) is 29.4 Å². The Morgan fingerprint density at radius 1 is 1.04 bits per heavy atom. The maximum atomic E-state index is 5.49. The molecule has 0 N–H and O–H groups in total. The number of hydrogen-bond donors (Lipinski definition) is 0. The molecule has 150 valence electrons. The average molecular weight is 418 g/mol. The number of halogens is 1. The molecule has 3 heterocycles. The lowest BCUT2D eigenvalue weighted by molar-refractivity contribution is 0.251. The Kier molecular flexibility index (Phi) is 7.54. The van der Waals surface area contributed by atoms with E-state index in [0.717, 1.165) is 50.5 Å². The van der Waals surface area contributed by atoms with Gasteiger partial charge in [0.05, 0.1) is 4.88 Å². The van der Waals surface area contributed by atoms with Crippen LogP contribution in [0.25, 0.3) is 10.6 Å². The van der Waals surface area contributed by atoms with Gasteiger partial charge in [0, 0.05) is 44.4 Å². The number of thiophene rings is 1. The minimum Gasteiger partial charge on any atom is -0.369 e. The zero-order valence-electron chi connectivity index (χ0n) is 16.3. The zero-order valence-corrected chi connectivity index (χ0v) is 18.0. The van der Waals surface area contributed by atoms with Gasteiger partial charge in [-0.25, -0.2) is 0 Å². The molecule has 0 unspecified atom stereocenters. The highest BCUT2D eigenvalue weighted by molar-refractivity contribution is 7.13. The van der Waals surface area contributed by atoms with Crippen LogP contribution < -0.4 is 4.90 Å². The second-order valence-corrected chi connectivity index (χ2v) is 8.18. The first-order valence-corrected chi connectivity index (χ1v) is 10.7. The molecule has 1 aliphatic rings. The fraction of sp³-hybridized carbons (Fsp3) is 0.409. The quantitative estimate of drug-likeness (QED) is 0.489. The molecule has 1 aromatic carbocycles. The van der Waals surface area contributed by atoms with Gasteiger partial charge in [0.2, 0.25) is 0 Å². The molecule has 0 atom stereocenters. The third-order valence-electron chi connectivity index (χ3n) is 5.31. The van der Waals surface area contributed by atoms with Gasteiger partial charge >= 0.3 is 0 Å². The number of nitrogens with zero attached hydrogens (tertiary/aromatic N) is 3. The molecule has 0 radical (unpaired) electrons. The van der Waals surface area contributed by atoms with Crippen molar-refractivity contribution in [2.45, 2.75) is 26.2 Å². The lowest BCUT2D eigenvalue weighted by Gasteiger charge is -2.36. The van der Waals surface area contributed by atoms with Crippen molar-refractivity contribution in [2.24, 2.45) is 0 Å². The third-order valence-corrected chi connectivity index (χ3v) is 6.20. The Morgan fingerprint density at radius 2 is 1.86 bits per heavy atom. The van der Waals surface area contributed by atoms with E-state index in [1.165, 1.54) is 29.1 Å². The summed E-state index contributed by atoms with van der Waals surface area (Å²) in [6, 6.07) is 14.9. The molecule has 0 bridgehead atoms. The van der Waals surface area contributed by atoms with Gasteiger partial charge in [0.15, 0.2) is 0 Å². The largest absolute Gasteiger partial charge is 0.369 e. The fourth-order valence-corrected chi connectivity index (χ4v) is 4.41. The molecule has 1 saturated heterocycles. The number of unbranched alkanes of at least 4 members (excludes halogenated alkanes) is 1. The highest BCUT2D eigenvalue weighted by atomic mass is 35.5.